The fourth-order valence-corrected chi connectivity index (χ4v) is 6.61. The second-order valence-corrected chi connectivity index (χ2v) is 11.4. The molecule has 1 saturated carbocycles. The van der Waals surface area contributed by atoms with E-state index in [1.807, 2.05) is 24.5 Å². The van der Waals surface area contributed by atoms with Crippen molar-refractivity contribution in [1.82, 2.24) is 29.8 Å². The molecule has 0 spiro atoms. The van der Waals surface area contributed by atoms with Crippen molar-refractivity contribution >= 4 is 6.21 Å². The number of rotatable bonds is 10. The third-order valence-electron chi connectivity index (χ3n) is 8.78. The summed E-state index contributed by atoms with van der Waals surface area (Å²) in [5, 5.41) is 14.7. The van der Waals surface area contributed by atoms with Gasteiger partial charge in [-0.2, -0.15) is 5.21 Å². The maximum atomic E-state index is 14.3. The fourth-order valence-electron chi connectivity index (χ4n) is 6.61. The van der Waals surface area contributed by atoms with Gasteiger partial charge >= 0.3 is 5.69 Å². The Bertz CT molecular complexity index is 1320. The Morgan fingerprint density at radius 2 is 1.97 bits per heavy atom. The molecule has 0 bridgehead atoms. The average Bonchev–Trinajstić information content (AvgIpc) is 3.59. The highest BCUT2D eigenvalue weighted by Gasteiger charge is 2.34. The number of tetrazole rings is 1. The van der Waals surface area contributed by atoms with Crippen molar-refractivity contribution in [3.05, 3.63) is 64.5 Å². The summed E-state index contributed by atoms with van der Waals surface area (Å²) in [5.74, 6) is 1.14. The number of aliphatic imine (C=N–C) groups is 1. The van der Waals surface area contributed by atoms with E-state index in [1.165, 1.54) is 44.9 Å². The quantitative estimate of drug-likeness (QED) is 0.328. The summed E-state index contributed by atoms with van der Waals surface area (Å²) in [6.07, 6.45) is 21.8. The second-order valence-electron chi connectivity index (χ2n) is 11.4. The fraction of sp³-hybridized carbons (Fsp3) is 0.581. The van der Waals surface area contributed by atoms with Crippen LogP contribution < -0.4 is 5.69 Å². The molecule has 208 valence electrons. The van der Waals surface area contributed by atoms with Crippen molar-refractivity contribution < 1.29 is 0 Å². The molecule has 0 amide bonds. The molecule has 8 nitrogen and oxygen atoms in total. The minimum absolute atomic E-state index is 0.150. The van der Waals surface area contributed by atoms with E-state index >= 15 is 0 Å². The van der Waals surface area contributed by atoms with Gasteiger partial charge in [-0.15, -0.1) is 10.2 Å². The normalized spacial score (nSPS) is 23.5. The van der Waals surface area contributed by atoms with Crippen molar-refractivity contribution in [3.8, 4) is 11.4 Å². The van der Waals surface area contributed by atoms with E-state index in [0.717, 1.165) is 48.9 Å². The minimum Gasteiger partial charge on any atom is -0.296 e. The Kier molecular flexibility index (Phi) is 8.89. The van der Waals surface area contributed by atoms with Gasteiger partial charge < -0.3 is 0 Å². The van der Waals surface area contributed by atoms with Crippen LogP contribution in [0, 0.1) is 5.92 Å². The minimum atomic E-state index is -0.387. The number of imidazole rings is 1. The van der Waals surface area contributed by atoms with E-state index in [4.69, 9.17) is 0 Å². The van der Waals surface area contributed by atoms with Gasteiger partial charge in [0.1, 0.15) is 0 Å². The number of nitrogens with one attached hydrogen (secondary N) is 1. The molecule has 8 heteroatoms. The van der Waals surface area contributed by atoms with Crippen molar-refractivity contribution in [1.29, 1.82) is 0 Å². The highest BCUT2D eigenvalue weighted by atomic mass is 16.1. The van der Waals surface area contributed by atoms with Gasteiger partial charge in [-0.05, 0) is 61.3 Å². The lowest BCUT2D eigenvalue weighted by atomic mass is 9.76. The Morgan fingerprint density at radius 1 is 1.10 bits per heavy atom. The van der Waals surface area contributed by atoms with Gasteiger partial charge in [0.05, 0.1) is 0 Å². The molecular formula is C31H43N7O. The summed E-state index contributed by atoms with van der Waals surface area (Å²) in [6, 6.07) is 8.61. The van der Waals surface area contributed by atoms with Gasteiger partial charge in [0.2, 0.25) is 5.82 Å². The predicted molar refractivity (Wildman–Crippen MR) is 156 cm³/mol. The maximum absolute atomic E-state index is 14.3. The lowest BCUT2D eigenvalue weighted by molar-refractivity contribution is 0.240. The Hall–Kier alpha value is -3.29. The number of nitrogens with zero attached hydrogens (tertiary/aromatic N) is 6. The maximum Gasteiger partial charge on any atom is 0.328 e. The zero-order valence-corrected chi connectivity index (χ0v) is 23.6. The van der Waals surface area contributed by atoms with Crippen LogP contribution in [0.1, 0.15) is 102 Å². The first-order chi connectivity index (χ1) is 19.1. The molecule has 0 radical (unpaired) electrons. The molecule has 1 N–H and O–H groups in total. The van der Waals surface area contributed by atoms with Gasteiger partial charge in [0.25, 0.3) is 0 Å². The van der Waals surface area contributed by atoms with E-state index in [9.17, 15) is 4.79 Å². The monoisotopic (exact) mass is 529 g/mol. The molecular weight excluding hydrogens is 486 g/mol. The molecule has 2 aromatic heterocycles. The first kappa shape index (κ1) is 27.3. The highest BCUT2D eigenvalue weighted by Crippen LogP contribution is 2.37. The zero-order chi connectivity index (χ0) is 27.1. The lowest BCUT2D eigenvalue weighted by Gasteiger charge is -2.33. The summed E-state index contributed by atoms with van der Waals surface area (Å²) < 4.78 is 4.22. The van der Waals surface area contributed by atoms with Crippen LogP contribution in [0.3, 0.4) is 0 Å². The first-order valence-electron chi connectivity index (χ1n) is 15.0. The molecule has 3 atom stereocenters. The van der Waals surface area contributed by atoms with Gasteiger partial charge in [-0.3, -0.25) is 14.1 Å². The van der Waals surface area contributed by atoms with Gasteiger partial charge in [-0.1, -0.05) is 76.6 Å². The van der Waals surface area contributed by atoms with Crippen LogP contribution in [0.25, 0.3) is 11.4 Å². The van der Waals surface area contributed by atoms with Crippen LogP contribution in [0.2, 0.25) is 0 Å². The Morgan fingerprint density at radius 3 is 2.72 bits per heavy atom. The third kappa shape index (κ3) is 5.99. The first-order valence-corrected chi connectivity index (χ1v) is 15.0. The molecule has 1 aliphatic heterocycles. The second kappa shape index (κ2) is 12.7. The summed E-state index contributed by atoms with van der Waals surface area (Å²) in [4.78, 5) is 18.7. The number of benzene rings is 1. The molecule has 3 unspecified atom stereocenters. The SMILES string of the molecule is CCCCc1cn(C2CCCCCCC2CCC)c(=O)n1CC1(c2cccc(-c3nn[nH]n3)c2)C=CN=CC1. The van der Waals surface area contributed by atoms with E-state index in [2.05, 4.69) is 73.0 Å². The lowest BCUT2D eigenvalue weighted by Crippen LogP contribution is -2.38. The average molecular weight is 530 g/mol. The van der Waals surface area contributed by atoms with Crippen molar-refractivity contribution in [2.24, 2.45) is 10.9 Å². The molecule has 39 heavy (non-hydrogen) atoms. The topological polar surface area (TPSA) is 93.8 Å². The molecule has 0 saturated heterocycles. The number of aromatic amines is 1. The third-order valence-corrected chi connectivity index (χ3v) is 8.78. The summed E-state index contributed by atoms with van der Waals surface area (Å²) >= 11 is 0. The number of hydrogen-bond acceptors (Lipinski definition) is 5. The number of unbranched alkanes of at least 4 members (excludes halogenated alkanes) is 1. The summed E-state index contributed by atoms with van der Waals surface area (Å²) in [7, 11) is 0. The van der Waals surface area contributed by atoms with Crippen LogP contribution in [-0.4, -0.2) is 36.0 Å². The van der Waals surface area contributed by atoms with Crippen LogP contribution in [0.4, 0.5) is 0 Å². The molecule has 1 aliphatic carbocycles. The van der Waals surface area contributed by atoms with E-state index < -0.39 is 0 Å². The summed E-state index contributed by atoms with van der Waals surface area (Å²) in [5.41, 5.74) is 2.95. The molecule has 5 rings (SSSR count). The van der Waals surface area contributed by atoms with Crippen LogP contribution in [0.15, 0.2) is 52.5 Å². The smallest absolute Gasteiger partial charge is 0.296 e. The predicted octanol–water partition coefficient (Wildman–Crippen LogP) is 6.41. The molecule has 2 aliphatic rings. The molecule has 1 aromatic carbocycles. The number of hydrogen-bond donors (Lipinski definition) is 1. The number of aromatic nitrogens is 6. The van der Waals surface area contributed by atoms with Crippen LogP contribution in [-0.2, 0) is 18.4 Å². The Balaban J connectivity index is 1.56. The van der Waals surface area contributed by atoms with Gasteiger partial charge in [-0.25, -0.2) is 4.79 Å². The van der Waals surface area contributed by atoms with Crippen molar-refractivity contribution in [3.63, 3.8) is 0 Å². The number of H-pyrrole nitrogens is 1. The van der Waals surface area contributed by atoms with Gasteiger partial charge in [0, 0.05) is 47.9 Å². The highest BCUT2D eigenvalue weighted by molar-refractivity contribution is 5.65. The summed E-state index contributed by atoms with van der Waals surface area (Å²) in [6.45, 7) is 5.08. The number of allylic oxidation sites excluding steroid dienone is 1. The van der Waals surface area contributed by atoms with Crippen LogP contribution in [0.5, 0.6) is 0 Å². The van der Waals surface area contributed by atoms with Crippen LogP contribution >= 0.6 is 0 Å². The van der Waals surface area contributed by atoms with E-state index in [0.29, 0.717) is 24.3 Å². The molecule has 3 heterocycles. The van der Waals surface area contributed by atoms with Crippen molar-refractivity contribution in [2.75, 3.05) is 0 Å². The van der Waals surface area contributed by atoms with E-state index in [-0.39, 0.29) is 11.1 Å². The Labute approximate surface area is 231 Å². The van der Waals surface area contributed by atoms with E-state index in [1.54, 1.807) is 0 Å². The van der Waals surface area contributed by atoms with Gasteiger partial charge in [0.15, 0.2) is 0 Å². The van der Waals surface area contributed by atoms with Crippen molar-refractivity contribution in [2.45, 2.75) is 109 Å². The number of aryl methyl sites for hydroxylation is 1. The molecule has 3 aromatic rings. The standard InChI is InChI=1S/C31H43N7O/c1-3-5-15-27-22-37(28-16-9-7-6-8-12-24(28)11-4-2)30(39)38(27)23-31(17-19-32-20-18-31)26-14-10-13-25(21-26)29-33-35-36-34-29/h10,13-14,17,19-22,24,28H,3-9,11-12,15-16,18,23H2,1-2H3,(H,33,34,35,36). The largest absolute Gasteiger partial charge is 0.328 e. The zero-order valence-electron chi connectivity index (χ0n) is 23.6. The molecule has 1 fully saturated rings.